The number of hydrogen-bond acceptors (Lipinski definition) is 10. The van der Waals surface area contributed by atoms with Gasteiger partial charge < -0.3 is 10.4 Å². The normalized spacial score (nSPS) is 16.9. The number of thioether (sulfide) groups is 8. The zero-order valence-corrected chi connectivity index (χ0v) is 26.1. The summed E-state index contributed by atoms with van der Waals surface area (Å²) in [6.45, 7) is 0. The van der Waals surface area contributed by atoms with Crippen LogP contribution in [0.3, 0.4) is 0 Å². The SMILES string of the molecule is CSC1=C(SC)SC(=C2SC(SC)=C(SCCCCCC(=O)NC(C(=O)O)c3ccccc3)S2)S1. The fraction of sp³-hybridized carbons (Fsp3) is 0.391. The maximum absolute atomic E-state index is 12.3. The van der Waals surface area contributed by atoms with Gasteiger partial charge >= 0.3 is 5.97 Å². The summed E-state index contributed by atoms with van der Waals surface area (Å²) in [7, 11) is 0. The second-order valence-electron chi connectivity index (χ2n) is 7.15. The number of hydrogen-bond donors (Lipinski definition) is 2. The lowest BCUT2D eigenvalue weighted by molar-refractivity contribution is -0.142. The van der Waals surface area contributed by atoms with Gasteiger partial charge in [0.25, 0.3) is 0 Å². The van der Waals surface area contributed by atoms with Crippen LogP contribution in [0, 0.1) is 0 Å². The predicted molar refractivity (Wildman–Crippen MR) is 168 cm³/mol. The van der Waals surface area contributed by atoms with E-state index < -0.39 is 12.0 Å². The molecule has 2 aliphatic heterocycles. The molecule has 0 radical (unpaired) electrons. The predicted octanol–water partition coefficient (Wildman–Crippen LogP) is 8.65. The van der Waals surface area contributed by atoms with E-state index in [0.717, 1.165) is 25.0 Å². The van der Waals surface area contributed by atoms with Crippen molar-refractivity contribution >= 4 is 106 Å². The van der Waals surface area contributed by atoms with Crippen molar-refractivity contribution in [1.29, 1.82) is 0 Å². The van der Waals surface area contributed by atoms with Crippen LogP contribution < -0.4 is 5.32 Å². The van der Waals surface area contributed by atoms with E-state index in [-0.39, 0.29) is 5.91 Å². The topological polar surface area (TPSA) is 66.4 Å². The minimum atomic E-state index is -1.04. The Balaban J connectivity index is 1.39. The smallest absolute Gasteiger partial charge is 0.330 e. The van der Waals surface area contributed by atoms with Crippen molar-refractivity contribution in [2.24, 2.45) is 0 Å². The minimum Gasteiger partial charge on any atom is -0.479 e. The minimum absolute atomic E-state index is 0.213. The third-order valence-corrected chi connectivity index (χ3v) is 16.0. The van der Waals surface area contributed by atoms with Gasteiger partial charge in [0.05, 0.1) is 25.4 Å². The molecule has 2 aliphatic rings. The summed E-state index contributed by atoms with van der Waals surface area (Å²) in [5.41, 5.74) is 0.587. The molecule has 0 aromatic heterocycles. The summed E-state index contributed by atoms with van der Waals surface area (Å²) >= 11 is 15.0. The molecule has 1 unspecified atom stereocenters. The monoisotopic (exact) mass is 621 g/mol. The van der Waals surface area contributed by atoms with Crippen molar-refractivity contribution in [3.8, 4) is 0 Å². The molecule has 4 nitrogen and oxygen atoms in total. The molecule has 0 spiro atoms. The first-order valence-electron chi connectivity index (χ1n) is 10.7. The molecule has 0 bridgehead atoms. The van der Waals surface area contributed by atoms with Crippen LogP contribution in [-0.4, -0.2) is 41.5 Å². The number of carbonyl (C=O) groups is 2. The van der Waals surface area contributed by atoms with E-state index in [1.54, 1.807) is 24.3 Å². The molecule has 3 rings (SSSR count). The van der Waals surface area contributed by atoms with Crippen LogP contribution in [0.15, 0.2) is 55.8 Å². The second kappa shape index (κ2) is 15.6. The molecule has 0 saturated carbocycles. The lowest BCUT2D eigenvalue weighted by Gasteiger charge is -2.14. The first kappa shape index (κ1) is 29.7. The number of nitrogens with one attached hydrogen (secondary N) is 1. The largest absolute Gasteiger partial charge is 0.479 e. The maximum Gasteiger partial charge on any atom is 0.330 e. The van der Waals surface area contributed by atoms with Gasteiger partial charge in [-0.3, -0.25) is 4.79 Å². The van der Waals surface area contributed by atoms with Crippen molar-refractivity contribution in [2.75, 3.05) is 24.5 Å². The zero-order chi connectivity index (χ0) is 25.2. The molecule has 1 atom stereocenters. The van der Waals surface area contributed by atoms with Crippen LogP contribution in [0.25, 0.3) is 0 Å². The lowest BCUT2D eigenvalue weighted by atomic mass is 10.1. The molecule has 2 N–H and O–H groups in total. The third kappa shape index (κ3) is 8.87. The molecule has 1 aromatic rings. The van der Waals surface area contributed by atoms with Gasteiger partial charge in [-0.05, 0) is 42.9 Å². The summed E-state index contributed by atoms with van der Waals surface area (Å²) in [6.07, 6.45) is 9.51. The number of unbranched alkanes of at least 4 members (excludes halogenated alkanes) is 2. The van der Waals surface area contributed by atoms with Crippen LogP contribution >= 0.6 is 94.1 Å². The number of carbonyl (C=O) groups excluding carboxylic acids is 1. The third-order valence-electron chi connectivity index (χ3n) is 4.76. The zero-order valence-electron chi connectivity index (χ0n) is 19.5. The van der Waals surface area contributed by atoms with Crippen molar-refractivity contribution in [2.45, 2.75) is 31.7 Å². The van der Waals surface area contributed by atoms with E-state index in [9.17, 15) is 14.7 Å². The molecule has 35 heavy (non-hydrogen) atoms. The number of amides is 1. The molecular formula is C23H27NO3S8. The van der Waals surface area contributed by atoms with Gasteiger partial charge in [0.2, 0.25) is 5.91 Å². The number of rotatable bonds is 13. The maximum atomic E-state index is 12.3. The van der Waals surface area contributed by atoms with Gasteiger partial charge in [-0.15, -0.1) is 47.0 Å². The Kier molecular flexibility index (Phi) is 13.2. The fourth-order valence-corrected chi connectivity index (χ4v) is 13.9. The van der Waals surface area contributed by atoms with Crippen molar-refractivity contribution < 1.29 is 14.7 Å². The van der Waals surface area contributed by atoms with Crippen LogP contribution in [0.5, 0.6) is 0 Å². The highest BCUT2D eigenvalue weighted by Gasteiger charge is 2.29. The highest BCUT2D eigenvalue weighted by Crippen LogP contribution is 2.65. The summed E-state index contributed by atoms with van der Waals surface area (Å²) in [6, 6.07) is 7.82. The van der Waals surface area contributed by atoms with Crippen LogP contribution in [0.2, 0.25) is 0 Å². The molecule has 2 heterocycles. The highest BCUT2D eigenvalue weighted by atomic mass is 32.3. The van der Waals surface area contributed by atoms with Gasteiger partial charge in [0.15, 0.2) is 6.04 Å². The molecular weight excluding hydrogens is 595 g/mol. The van der Waals surface area contributed by atoms with Crippen LogP contribution in [0.1, 0.15) is 37.3 Å². The summed E-state index contributed by atoms with van der Waals surface area (Å²) < 4.78 is 8.37. The van der Waals surface area contributed by atoms with Gasteiger partial charge in [-0.2, -0.15) is 0 Å². The van der Waals surface area contributed by atoms with Gasteiger partial charge in [0, 0.05) is 6.42 Å². The summed E-state index contributed by atoms with van der Waals surface area (Å²) in [5, 5.41) is 12.1. The Morgan fingerprint density at radius 2 is 1.37 bits per heavy atom. The van der Waals surface area contributed by atoms with E-state index in [2.05, 4.69) is 24.1 Å². The van der Waals surface area contributed by atoms with E-state index >= 15 is 0 Å². The van der Waals surface area contributed by atoms with Crippen molar-refractivity contribution in [3.63, 3.8) is 0 Å². The van der Waals surface area contributed by atoms with E-state index in [1.165, 1.54) is 25.4 Å². The van der Waals surface area contributed by atoms with Crippen LogP contribution in [0.4, 0.5) is 0 Å². The van der Waals surface area contributed by atoms with Crippen molar-refractivity contribution in [3.05, 3.63) is 61.3 Å². The molecule has 12 heteroatoms. The first-order valence-corrected chi connectivity index (χ1v) is 18.7. The standard InChI is InChI=1S/C23H27NO3S8/c1-28-18-19(29-2)33-22(32-18)23-34-20(30-3)21(35-23)31-13-9-5-8-12-15(25)24-16(17(26)27)14-10-6-4-7-11-14/h4,6-7,10-11,16H,5,8-9,12-13H2,1-3H3,(H,24,25)(H,26,27). The summed E-state index contributed by atoms with van der Waals surface area (Å²) in [4.78, 5) is 23.9. The molecule has 0 aliphatic carbocycles. The summed E-state index contributed by atoms with van der Waals surface area (Å²) in [5.74, 6) is -0.238. The Bertz CT molecular complexity index is 991. The molecule has 1 amide bonds. The van der Waals surface area contributed by atoms with Crippen LogP contribution in [-0.2, 0) is 9.59 Å². The lowest BCUT2D eigenvalue weighted by Crippen LogP contribution is -2.33. The average Bonchev–Trinajstić information content (AvgIpc) is 3.48. The number of aliphatic carboxylic acids is 1. The second-order valence-corrected chi connectivity index (χ2v) is 16.3. The van der Waals surface area contributed by atoms with Gasteiger partial charge in [0.1, 0.15) is 0 Å². The van der Waals surface area contributed by atoms with E-state index in [1.807, 2.05) is 100 Å². The Morgan fingerprint density at radius 1 is 0.829 bits per heavy atom. The fourth-order valence-electron chi connectivity index (χ4n) is 3.07. The van der Waals surface area contributed by atoms with E-state index in [0.29, 0.717) is 12.0 Å². The number of carboxylic acid groups (broad SMARTS) is 1. The Morgan fingerprint density at radius 3 is 1.91 bits per heavy atom. The Hall–Kier alpha value is 0.180. The average molecular weight is 622 g/mol. The molecule has 1 aromatic carbocycles. The quantitative estimate of drug-likeness (QED) is 0.208. The van der Waals surface area contributed by atoms with E-state index in [4.69, 9.17) is 0 Å². The number of carboxylic acids is 1. The highest BCUT2D eigenvalue weighted by molar-refractivity contribution is 8.44. The Labute approximate surface area is 241 Å². The number of benzene rings is 1. The van der Waals surface area contributed by atoms with Crippen molar-refractivity contribution in [1.82, 2.24) is 5.32 Å². The first-order chi connectivity index (χ1) is 17.0. The molecule has 0 fully saturated rings. The van der Waals surface area contributed by atoms with Gasteiger partial charge in [-0.1, -0.05) is 83.8 Å². The molecule has 190 valence electrons. The van der Waals surface area contributed by atoms with Gasteiger partial charge in [-0.25, -0.2) is 4.79 Å². The molecule has 0 saturated heterocycles.